The van der Waals surface area contributed by atoms with Gasteiger partial charge in [0.1, 0.15) is 0 Å². The topological polar surface area (TPSA) is 0 Å². The Morgan fingerprint density at radius 3 is 1.84 bits per heavy atom. The fourth-order valence-electron chi connectivity index (χ4n) is 3.50. The van der Waals surface area contributed by atoms with Gasteiger partial charge in [0.05, 0.1) is 0 Å². The molecule has 1 aromatic carbocycles. The zero-order valence-electron chi connectivity index (χ0n) is 12.9. The molecule has 1 atom stereocenters. The maximum absolute atomic E-state index is 4.05. The van der Waals surface area contributed by atoms with Crippen LogP contribution >= 0.6 is 15.9 Å². The summed E-state index contributed by atoms with van der Waals surface area (Å²) < 4.78 is 0. The van der Waals surface area contributed by atoms with Gasteiger partial charge in [-0.1, -0.05) is 47.7 Å². The first kappa shape index (κ1) is 15.1. The number of rotatable bonds is 2. The zero-order valence-corrected chi connectivity index (χ0v) is 14.4. The molecule has 1 aliphatic carbocycles. The van der Waals surface area contributed by atoms with E-state index in [1.165, 1.54) is 60.8 Å². The van der Waals surface area contributed by atoms with E-state index in [0.29, 0.717) is 4.83 Å². The van der Waals surface area contributed by atoms with Gasteiger partial charge in [0.25, 0.3) is 0 Å². The van der Waals surface area contributed by atoms with Crippen LogP contribution in [0.25, 0.3) is 0 Å². The van der Waals surface area contributed by atoms with Gasteiger partial charge in [-0.05, 0) is 74.3 Å². The van der Waals surface area contributed by atoms with Crippen molar-refractivity contribution in [1.29, 1.82) is 0 Å². The monoisotopic (exact) mass is 322 g/mol. The van der Waals surface area contributed by atoms with E-state index in [0.717, 1.165) is 5.92 Å². The van der Waals surface area contributed by atoms with E-state index < -0.39 is 0 Å². The molecule has 0 radical (unpaired) electrons. The zero-order chi connectivity index (χ0) is 14.0. The number of aryl methyl sites for hydroxylation is 2. The fraction of sp³-hybridized carbons (Fsp3) is 0.667. The summed E-state index contributed by atoms with van der Waals surface area (Å²) in [6, 6.07) is 2.33. The van der Waals surface area contributed by atoms with E-state index in [1.807, 2.05) is 0 Å². The van der Waals surface area contributed by atoms with Crippen molar-refractivity contribution in [1.82, 2.24) is 0 Å². The Morgan fingerprint density at radius 2 is 1.37 bits per heavy atom. The lowest BCUT2D eigenvalue weighted by Crippen LogP contribution is -2.11. The van der Waals surface area contributed by atoms with Gasteiger partial charge in [0.15, 0.2) is 0 Å². The van der Waals surface area contributed by atoms with Crippen molar-refractivity contribution < 1.29 is 0 Å². The minimum absolute atomic E-state index is 0.546. The molecule has 0 aromatic heterocycles. The first-order chi connectivity index (χ1) is 9.02. The molecule has 1 aromatic rings. The van der Waals surface area contributed by atoms with Crippen LogP contribution in [0.15, 0.2) is 6.07 Å². The predicted octanol–water partition coefficient (Wildman–Crippen LogP) is 6.33. The van der Waals surface area contributed by atoms with E-state index in [-0.39, 0.29) is 0 Å². The van der Waals surface area contributed by atoms with E-state index in [1.54, 1.807) is 5.56 Å². The number of alkyl halides is 1. The van der Waals surface area contributed by atoms with Crippen LogP contribution in [0.5, 0.6) is 0 Å². The molecule has 0 N–H and O–H groups in total. The third-order valence-corrected chi connectivity index (χ3v) is 6.22. The summed E-state index contributed by atoms with van der Waals surface area (Å²) in [6.45, 7) is 9.08. The van der Waals surface area contributed by atoms with E-state index >= 15 is 0 Å². The van der Waals surface area contributed by atoms with Crippen LogP contribution in [-0.2, 0) is 0 Å². The Hall–Kier alpha value is -0.300. The van der Waals surface area contributed by atoms with Crippen molar-refractivity contribution in [3.05, 3.63) is 33.9 Å². The Labute approximate surface area is 127 Å². The van der Waals surface area contributed by atoms with Crippen LogP contribution in [0.4, 0.5) is 0 Å². The lowest BCUT2D eigenvalue weighted by molar-refractivity contribution is 0.453. The van der Waals surface area contributed by atoms with Crippen LogP contribution < -0.4 is 0 Å². The molecule has 0 nitrogen and oxygen atoms in total. The highest BCUT2D eigenvalue weighted by atomic mass is 79.9. The van der Waals surface area contributed by atoms with Gasteiger partial charge in [-0.15, -0.1) is 0 Å². The molecule has 0 saturated heterocycles. The number of halogens is 1. The van der Waals surface area contributed by atoms with Gasteiger partial charge in [0.2, 0.25) is 0 Å². The second kappa shape index (κ2) is 6.43. The molecule has 19 heavy (non-hydrogen) atoms. The third kappa shape index (κ3) is 3.24. The van der Waals surface area contributed by atoms with Crippen LogP contribution in [0.2, 0.25) is 0 Å². The average Bonchev–Trinajstić information content (AvgIpc) is 2.65. The van der Waals surface area contributed by atoms with E-state index in [9.17, 15) is 0 Å². The number of hydrogen-bond acceptors (Lipinski definition) is 0. The van der Waals surface area contributed by atoms with Gasteiger partial charge in [-0.2, -0.15) is 0 Å². The Balaban J connectivity index is 2.34. The third-order valence-electron chi connectivity index (χ3n) is 5.01. The van der Waals surface area contributed by atoms with Gasteiger partial charge in [-0.25, -0.2) is 0 Å². The second-order valence-electron chi connectivity index (χ2n) is 6.33. The second-order valence-corrected chi connectivity index (χ2v) is 7.31. The van der Waals surface area contributed by atoms with Gasteiger partial charge < -0.3 is 0 Å². The highest BCUT2D eigenvalue weighted by Gasteiger charge is 2.25. The molecule has 1 unspecified atom stereocenters. The molecule has 0 heterocycles. The molecule has 0 aliphatic heterocycles. The smallest absolute Gasteiger partial charge is 0.0428 e. The summed E-state index contributed by atoms with van der Waals surface area (Å²) in [4.78, 5) is 0.546. The highest BCUT2D eigenvalue weighted by Crippen LogP contribution is 2.42. The molecule has 106 valence electrons. The molecular weight excluding hydrogens is 296 g/mol. The van der Waals surface area contributed by atoms with Crippen molar-refractivity contribution >= 4 is 15.9 Å². The largest absolute Gasteiger partial charge is 0.0836 e. The lowest BCUT2D eigenvalue weighted by atomic mass is 9.85. The van der Waals surface area contributed by atoms with E-state index in [2.05, 4.69) is 49.7 Å². The van der Waals surface area contributed by atoms with Crippen LogP contribution in [-0.4, -0.2) is 0 Å². The standard InChI is InChI=1S/C18H27Br/c1-12-11-13(2)15(4)17(14(12)3)18(19)16-9-7-5-6-8-10-16/h11,16,18H,5-10H2,1-4H3. The van der Waals surface area contributed by atoms with Crippen LogP contribution in [0.1, 0.15) is 71.2 Å². The highest BCUT2D eigenvalue weighted by molar-refractivity contribution is 9.09. The summed E-state index contributed by atoms with van der Waals surface area (Å²) >= 11 is 4.05. The average molecular weight is 323 g/mol. The Kier molecular flexibility index (Phi) is 5.11. The molecule has 0 spiro atoms. The first-order valence-corrected chi connectivity index (χ1v) is 8.65. The quantitative estimate of drug-likeness (QED) is 0.441. The summed E-state index contributed by atoms with van der Waals surface area (Å²) in [7, 11) is 0. The molecular formula is C18H27Br. The van der Waals surface area contributed by atoms with E-state index in [4.69, 9.17) is 0 Å². The van der Waals surface area contributed by atoms with Crippen molar-refractivity contribution in [3.8, 4) is 0 Å². The Morgan fingerprint density at radius 1 is 0.895 bits per heavy atom. The molecule has 2 rings (SSSR count). The van der Waals surface area contributed by atoms with Gasteiger partial charge >= 0.3 is 0 Å². The van der Waals surface area contributed by atoms with Crippen LogP contribution in [0.3, 0.4) is 0 Å². The lowest BCUT2D eigenvalue weighted by Gasteiger charge is -2.26. The molecule has 1 heteroatoms. The van der Waals surface area contributed by atoms with Gasteiger partial charge in [-0.3, -0.25) is 0 Å². The normalized spacial score (nSPS) is 19.2. The number of benzene rings is 1. The maximum atomic E-state index is 4.05. The summed E-state index contributed by atoms with van der Waals surface area (Å²) in [5.74, 6) is 0.820. The molecule has 1 saturated carbocycles. The molecule has 1 fully saturated rings. The van der Waals surface area contributed by atoms with Crippen molar-refractivity contribution in [2.45, 2.75) is 71.0 Å². The fourth-order valence-corrected chi connectivity index (χ4v) is 4.72. The Bertz CT molecular complexity index is 413. The summed E-state index contributed by atoms with van der Waals surface area (Å²) in [5, 5.41) is 0. The first-order valence-electron chi connectivity index (χ1n) is 7.73. The van der Waals surface area contributed by atoms with Crippen molar-refractivity contribution in [2.75, 3.05) is 0 Å². The molecule has 0 amide bonds. The molecule has 0 bridgehead atoms. The summed E-state index contributed by atoms with van der Waals surface area (Å²) in [6.07, 6.45) is 8.47. The number of hydrogen-bond donors (Lipinski definition) is 0. The summed E-state index contributed by atoms with van der Waals surface area (Å²) in [5.41, 5.74) is 7.44. The SMILES string of the molecule is Cc1cc(C)c(C)c(C(Br)C2CCCCCC2)c1C. The minimum atomic E-state index is 0.546. The minimum Gasteiger partial charge on any atom is -0.0836 e. The van der Waals surface area contributed by atoms with Crippen LogP contribution in [0, 0.1) is 33.6 Å². The van der Waals surface area contributed by atoms with Crippen molar-refractivity contribution in [3.63, 3.8) is 0 Å². The molecule has 1 aliphatic rings. The van der Waals surface area contributed by atoms with Crippen molar-refractivity contribution in [2.24, 2.45) is 5.92 Å². The predicted molar refractivity (Wildman–Crippen MR) is 88.3 cm³/mol. The maximum Gasteiger partial charge on any atom is 0.0428 e. The van der Waals surface area contributed by atoms with Gasteiger partial charge in [0, 0.05) is 4.83 Å².